The predicted molar refractivity (Wildman–Crippen MR) is 36.5 cm³/mol. The molecule has 2 nitrogen and oxygen atoms in total. The second-order valence-electron chi connectivity index (χ2n) is 1.97. The number of nitrogens with zero attached hydrogens (tertiary/aromatic N) is 1. The van der Waals surface area contributed by atoms with Crippen molar-refractivity contribution >= 4 is 0 Å². The topological polar surface area (TPSA) is 15.3 Å². The largest absolute Gasteiger partial charge is 0.393 e. The molecule has 0 fully saturated rings. The average Bonchev–Trinajstić information content (AvgIpc) is 1.67. The summed E-state index contributed by atoms with van der Waals surface area (Å²) in [6, 6.07) is 0. The van der Waals surface area contributed by atoms with Crippen molar-refractivity contribution in [2.24, 2.45) is 0 Å². The fraction of sp³-hybridized carbons (Fsp3) is 0.667. The molecule has 0 aliphatic heterocycles. The lowest BCUT2D eigenvalue weighted by Gasteiger charge is -2.11. The lowest BCUT2D eigenvalue weighted by atomic mass is 10.5. The molecule has 0 radical (unpaired) electrons. The van der Waals surface area contributed by atoms with Crippen LogP contribution in [0, 0.1) is 0 Å². The summed E-state index contributed by atoms with van der Waals surface area (Å²) in [7, 11) is 5.93. The number of nitrogens with one attached hydrogen (secondary N) is 1. The van der Waals surface area contributed by atoms with Gasteiger partial charge >= 0.3 is 0 Å². The van der Waals surface area contributed by atoms with Crippen LogP contribution < -0.4 is 5.32 Å². The van der Waals surface area contributed by atoms with Crippen molar-refractivity contribution in [2.75, 3.05) is 21.1 Å². The van der Waals surface area contributed by atoms with Gasteiger partial charge in [0.05, 0.1) is 0 Å². The molecule has 1 N–H and O–H groups in total. The third-order valence-electron chi connectivity index (χ3n) is 1.06. The Morgan fingerprint density at radius 2 is 2.00 bits per heavy atom. The molecule has 48 valence electrons. The minimum absolute atomic E-state index is 1.23. The van der Waals surface area contributed by atoms with E-state index in [0.29, 0.717) is 0 Å². The second kappa shape index (κ2) is 3.36. The van der Waals surface area contributed by atoms with Crippen LogP contribution >= 0.6 is 0 Å². The Bertz CT molecular complexity index is 84.5. The van der Waals surface area contributed by atoms with Crippen molar-refractivity contribution in [3.05, 3.63) is 11.9 Å². The Balaban J connectivity index is 3.61. The summed E-state index contributed by atoms with van der Waals surface area (Å²) in [5, 5.41) is 2.95. The molecule has 0 rings (SSSR count). The van der Waals surface area contributed by atoms with Crippen LogP contribution in [0.2, 0.25) is 0 Å². The molecular weight excluding hydrogens is 100 g/mol. The van der Waals surface area contributed by atoms with Gasteiger partial charge in [-0.2, -0.15) is 0 Å². The summed E-state index contributed by atoms with van der Waals surface area (Å²) >= 11 is 0. The Labute approximate surface area is 51.2 Å². The van der Waals surface area contributed by atoms with E-state index in [1.54, 1.807) is 0 Å². The van der Waals surface area contributed by atoms with Crippen LogP contribution in [0.3, 0.4) is 0 Å². The van der Waals surface area contributed by atoms with Crippen LogP contribution in [0.4, 0.5) is 0 Å². The van der Waals surface area contributed by atoms with Gasteiger partial charge in [-0.1, -0.05) is 0 Å². The van der Waals surface area contributed by atoms with Gasteiger partial charge < -0.3 is 10.2 Å². The fourth-order valence-corrected chi connectivity index (χ4v) is 0.338. The molecule has 0 amide bonds. The fourth-order valence-electron chi connectivity index (χ4n) is 0.338. The Hall–Kier alpha value is -0.660. The van der Waals surface area contributed by atoms with Crippen LogP contribution in [0.25, 0.3) is 0 Å². The first kappa shape index (κ1) is 7.34. The number of allylic oxidation sites excluding steroid dienone is 1. The maximum absolute atomic E-state index is 2.95. The smallest absolute Gasteiger partial charge is 0.0255 e. The molecule has 0 saturated heterocycles. The first-order chi connectivity index (χ1) is 3.68. The van der Waals surface area contributed by atoms with Crippen molar-refractivity contribution < 1.29 is 0 Å². The molecular formula is C6H14N2. The minimum atomic E-state index is 1.23. The summed E-state index contributed by atoms with van der Waals surface area (Å²) in [5.41, 5.74) is 1.23. The zero-order valence-corrected chi connectivity index (χ0v) is 6.02. The predicted octanol–water partition coefficient (Wildman–Crippen LogP) is 0.629. The van der Waals surface area contributed by atoms with Crippen LogP contribution in [0.15, 0.2) is 11.9 Å². The third kappa shape index (κ3) is 2.50. The zero-order valence-electron chi connectivity index (χ0n) is 6.02. The first-order valence-corrected chi connectivity index (χ1v) is 2.70. The average molecular weight is 114 g/mol. The molecule has 0 saturated carbocycles. The summed E-state index contributed by atoms with van der Waals surface area (Å²) in [6.45, 7) is 2.05. The Kier molecular flexibility index (Phi) is 3.08. The van der Waals surface area contributed by atoms with Gasteiger partial charge in [0.25, 0.3) is 0 Å². The monoisotopic (exact) mass is 114 g/mol. The molecule has 0 aromatic rings. The highest BCUT2D eigenvalue weighted by Gasteiger charge is 1.85. The number of rotatable bonds is 2. The van der Waals surface area contributed by atoms with Crippen molar-refractivity contribution in [3.63, 3.8) is 0 Å². The third-order valence-corrected chi connectivity index (χ3v) is 1.06. The van der Waals surface area contributed by atoms with Crippen molar-refractivity contribution in [1.29, 1.82) is 0 Å². The van der Waals surface area contributed by atoms with Crippen LogP contribution in [0.5, 0.6) is 0 Å². The van der Waals surface area contributed by atoms with Crippen LogP contribution in [-0.4, -0.2) is 26.0 Å². The lowest BCUT2D eigenvalue weighted by Crippen LogP contribution is -2.10. The summed E-state index contributed by atoms with van der Waals surface area (Å²) in [6.07, 6.45) is 1.96. The molecule has 0 aliphatic rings. The normalized spacial score (nSPS) is 11.2. The van der Waals surface area contributed by atoms with Gasteiger partial charge in [0.15, 0.2) is 0 Å². The maximum Gasteiger partial charge on any atom is 0.0255 e. The van der Waals surface area contributed by atoms with Gasteiger partial charge in [0, 0.05) is 33.0 Å². The molecule has 0 heterocycles. The summed E-state index contributed by atoms with van der Waals surface area (Å²) in [4.78, 5) is 2.05. The van der Waals surface area contributed by atoms with Gasteiger partial charge in [-0.15, -0.1) is 0 Å². The highest BCUT2D eigenvalue weighted by Crippen LogP contribution is 1.91. The van der Waals surface area contributed by atoms with E-state index in [4.69, 9.17) is 0 Å². The van der Waals surface area contributed by atoms with E-state index in [1.165, 1.54) is 5.70 Å². The van der Waals surface area contributed by atoms with Gasteiger partial charge in [0.2, 0.25) is 0 Å². The van der Waals surface area contributed by atoms with E-state index in [1.807, 2.05) is 27.3 Å². The van der Waals surface area contributed by atoms with Crippen molar-refractivity contribution in [3.8, 4) is 0 Å². The molecule has 0 bridgehead atoms. The molecule has 8 heavy (non-hydrogen) atoms. The van der Waals surface area contributed by atoms with Gasteiger partial charge in [-0.3, -0.25) is 0 Å². The molecule has 0 spiro atoms. The van der Waals surface area contributed by atoms with E-state index in [-0.39, 0.29) is 0 Å². The van der Waals surface area contributed by atoms with E-state index in [9.17, 15) is 0 Å². The molecule has 0 aromatic heterocycles. The van der Waals surface area contributed by atoms with E-state index >= 15 is 0 Å². The molecule has 0 unspecified atom stereocenters. The van der Waals surface area contributed by atoms with Crippen molar-refractivity contribution in [1.82, 2.24) is 10.2 Å². The lowest BCUT2D eigenvalue weighted by molar-refractivity contribution is 0.509. The maximum atomic E-state index is 2.95. The summed E-state index contributed by atoms with van der Waals surface area (Å²) in [5.74, 6) is 0. The second-order valence-corrected chi connectivity index (χ2v) is 1.97. The van der Waals surface area contributed by atoms with Gasteiger partial charge in [-0.25, -0.2) is 0 Å². The Morgan fingerprint density at radius 1 is 1.50 bits per heavy atom. The molecule has 0 aromatic carbocycles. The number of hydrogen-bond acceptors (Lipinski definition) is 2. The van der Waals surface area contributed by atoms with Crippen LogP contribution in [-0.2, 0) is 0 Å². The highest BCUT2D eigenvalue weighted by molar-refractivity contribution is 4.92. The number of hydrogen-bond donors (Lipinski definition) is 1. The standard InChI is InChI=1S/C6H14N2/c1-6(5-7-2)8(3)4/h5,7H,1-4H3/b6-5+. The molecule has 2 heteroatoms. The summed E-state index contributed by atoms with van der Waals surface area (Å²) < 4.78 is 0. The van der Waals surface area contributed by atoms with E-state index < -0.39 is 0 Å². The SMILES string of the molecule is CN/C=C(\C)N(C)C. The van der Waals surface area contributed by atoms with Crippen molar-refractivity contribution in [2.45, 2.75) is 6.92 Å². The molecule has 0 aliphatic carbocycles. The van der Waals surface area contributed by atoms with Gasteiger partial charge in [0.1, 0.15) is 0 Å². The molecule has 0 atom stereocenters. The minimum Gasteiger partial charge on any atom is -0.393 e. The van der Waals surface area contributed by atoms with Gasteiger partial charge in [-0.05, 0) is 6.92 Å². The quantitative estimate of drug-likeness (QED) is 0.566. The first-order valence-electron chi connectivity index (χ1n) is 2.70. The Morgan fingerprint density at radius 3 is 2.12 bits per heavy atom. The van der Waals surface area contributed by atoms with E-state index in [2.05, 4.69) is 17.1 Å². The van der Waals surface area contributed by atoms with E-state index in [0.717, 1.165) is 0 Å². The highest BCUT2D eigenvalue weighted by atomic mass is 15.1. The zero-order chi connectivity index (χ0) is 6.57. The van der Waals surface area contributed by atoms with Crippen LogP contribution in [0.1, 0.15) is 6.92 Å².